The van der Waals surface area contributed by atoms with E-state index in [1.807, 2.05) is 0 Å². The second-order valence-electron chi connectivity index (χ2n) is 6.78. The number of aliphatic hydroxyl groups excluding tert-OH is 1. The van der Waals surface area contributed by atoms with Crippen molar-refractivity contribution in [3.63, 3.8) is 0 Å². The van der Waals surface area contributed by atoms with Gasteiger partial charge in [-0.2, -0.15) is 4.37 Å². The number of aliphatic hydroxyl groups is 1. The van der Waals surface area contributed by atoms with Crippen LogP contribution in [0.1, 0.15) is 20.8 Å². The van der Waals surface area contributed by atoms with Gasteiger partial charge >= 0.3 is 0 Å². The highest BCUT2D eigenvalue weighted by Gasteiger charge is 2.22. The molecule has 1 saturated heterocycles. The minimum Gasteiger partial charge on any atom is -0.472 e. The zero-order valence-corrected chi connectivity index (χ0v) is 14.7. The van der Waals surface area contributed by atoms with Crippen molar-refractivity contribution in [3.8, 4) is 5.88 Å². The van der Waals surface area contributed by atoms with Gasteiger partial charge in [0, 0.05) is 38.3 Å². The second-order valence-corrected chi connectivity index (χ2v) is 7.31. The van der Waals surface area contributed by atoms with Gasteiger partial charge in [0.2, 0.25) is 5.82 Å². The van der Waals surface area contributed by atoms with Crippen molar-refractivity contribution in [1.29, 1.82) is 0 Å². The summed E-state index contributed by atoms with van der Waals surface area (Å²) in [4.78, 5) is 4.48. The number of anilines is 1. The molecule has 0 aromatic carbocycles. The van der Waals surface area contributed by atoms with Crippen LogP contribution in [-0.2, 0) is 0 Å². The number of rotatable bonds is 6. The van der Waals surface area contributed by atoms with Crippen LogP contribution in [0.25, 0.3) is 0 Å². The van der Waals surface area contributed by atoms with E-state index in [4.69, 9.17) is 4.74 Å². The summed E-state index contributed by atoms with van der Waals surface area (Å²) < 4.78 is 14.2. The zero-order valence-electron chi connectivity index (χ0n) is 13.9. The minimum atomic E-state index is -0.568. The first-order chi connectivity index (χ1) is 10.3. The van der Waals surface area contributed by atoms with Crippen LogP contribution in [0.4, 0.5) is 5.82 Å². The Bertz CT molecular complexity index is 454. The summed E-state index contributed by atoms with van der Waals surface area (Å²) in [5.41, 5.74) is -0.0197. The molecule has 0 bridgehead atoms. The Balaban J connectivity index is 1.82. The molecule has 1 atom stereocenters. The third-order valence-corrected chi connectivity index (χ3v) is 4.03. The molecule has 22 heavy (non-hydrogen) atoms. The van der Waals surface area contributed by atoms with Gasteiger partial charge in [0.05, 0.1) is 11.7 Å². The van der Waals surface area contributed by atoms with Crippen LogP contribution >= 0.6 is 11.7 Å². The van der Waals surface area contributed by atoms with Gasteiger partial charge in [0.25, 0.3) is 5.88 Å². The molecule has 0 aliphatic carbocycles. The Labute approximate surface area is 136 Å². The van der Waals surface area contributed by atoms with E-state index in [0.717, 1.165) is 43.7 Å². The normalized spacial score (nSPS) is 18.5. The molecule has 1 aliphatic heterocycles. The summed E-state index contributed by atoms with van der Waals surface area (Å²) in [7, 11) is 2.12. The average molecular weight is 329 g/mol. The number of piperazine rings is 1. The van der Waals surface area contributed by atoms with Crippen molar-refractivity contribution >= 4 is 17.5 Å². The lowest BCUT2D eigenvalue weighted by Gasteiger charge is -2.32. The summed E-state index contributed by atoms with van der Waals surface area (Å²) in [6.45, 7) is 10.8. The van der Waals surface area contributed by atoms with Crippen LogP contribution in [-0.4, -0.2) is 76.8 Å². The number of hydrogen-bond donors (Lipinski definition) is 2. The highest BCUT2D eigenvalue weighted by molar-refractivity contribution is 6.99. The van der Waals surface area contributed by atoms with Gasteiger partial charge in [-0.1, -0.05) is 0 Å². The molecule has 1 unspecified atom stereocenters. The van der Waals surface area contributed by atoms with Crippen LogP contribution in [0, 0.1) is 0 Å². The summed E-state index contributed by atoms with van der Waals surface area (Å²) >= 11 is 1.15. The van der Waals surface area contributed by atoms with Gasteiger partial charge in [0.15, 0.2) is 0 Å². The molecule has 126 valence electrons. The fourth-order valence-electron chi connectivity index (χ4n) is 2.14. The third kappa shape index (κ3) is 5.35. The Morgan fingerprint density at radius 3 is 2.59 bits per heavy atom. The Kier molecular flexibility index (Phi) is 5.96. The number of ether oxygens (including phenoxy) is 1. The molecular weight excluding hydrogens is 302 g/mol. The van der Waals surface area contributed by atoms with E-state index >= 15 is 0 Å². The average Bonchev–Trinajstić information content (AvgIpc) is 2.91. The van der Waals surface area contributed by atoms with Crippen LogP contribution < -0.4 is 15.0 Å². The first-order valence-corrected chi connectivity index (χ1v) is 8.40. The highest BCUT2D eigenvalue weighted by Crippen LogP contribution is 2.26. The molecule has 0 amide bonds. The van der Waals surface area contributed by atoms with Crippen molar-refractivity contribution in [1.82, 2.24) is 19.0 Å². The number of likely N-dealkylation sites (N-methyl/N-ethyl adjacent to an activating group) is 1. The Hall–Kier alpha value is -0.960. The van der Waals surface area contributed by atoms with E-state index in [0.29, 0.717) is 12.4 Å². The number of hydrogen-bond acceptors (Lipinski definition) is 8. The predicted octanol–water partition coefficient (Wildman–Crippen LogP) is 0.418. The fraction of sp³-hybridized carbons (Fsp3) is 0.857. The minimum absolute atomic E-state index is 0.0197. The smallest absolute Gasteiger partial charge is 0.270 e. The Morgan fingerprint density at radius 1 is 1.27 bits per heavy atom. The quantitative estimate of drug-likeness (QED) is 0.783. The molecule has 0 radical (unpaired) electrons. The van der Waals surface area contributed by atoms with E-state index in [2.05, 4.69) is 51.7 Å². The largest absolute Gasteiger partial charge is 0.472 e. The maximum Gasteiger partial charge on any atom is 0.270 e. The molecule has 0 saturated carbocycles. The number of nitrogens with zero attached hydrogens (tertiary/aromatic N) is 4. The molecule has 8 heteroatoms. The van der Waals surface area contributed by atoms with Crippen molar-refractivity contribution in [2.24, 2.45) is 0 Å². The first kappa shape index (κ1) is 17.4. The predicted molar refractivity (Wildman–Crippen MR) is 88.9 cm³/mol. The van der Waals surface area contributed by atoms with Gasteiger partial charge in [-0.3, -0.25) is 0 Å². The summed E-state index contributed by atoms with van der Waals surface area (Å²) in [6, 6.07) is 0. The van der Waals surface area contributed by atoms with Crippen molar-refractivity contribution < 1.29 is 9.84 Å². The van der Waals surface area contributed by atoms with Gasteiger partial charge in [0.1, 0.15) is 12.7 Å². The zero-order chi connectivity index (χ0) is 16.2. The first-order valence-electron chi connectivity index (χ1n) is 7.67. The molecule has 2 rings (SSSR count). The lowest BCUT2D eigenvalue weighted by molar-refractivity contribution is 0.0983. The van der Waals surface area contributed by atoms with Gasteiger partial charge in [-0.15, -0.1) is 4.37 Å². The van der Waals surface area contributed by atoms with Gasteiger partial charge in [-0.25, -0.2) is 0 Å². The van der Waals surface area contributed by atoms with Crippen molar-refractivity contribution in [3.05, 3.63) is 0 Å². The molecule has 1 aliphatic rings. The summed E-state index contributed by atoms with van der Waals surface area (Å²) in [5.74, 6) is 1.33. The fourth-order valence-corrected chi connectivity index (χ4v) is 2.66. The van der Waals surface area contributed by atoms with E-state index in [1.165, 1.54) is 0 Å². The topological polar surface area (TPSA) is 73.8 Å². The molecule has 1 aromatic heterocycles. The monoisotopic (exact) mass is 329 g/mol. The third-order valence-electron chi connectivity index (χ3n) is 3.53. The standard InChI is InChI=1S/C14H27N5O2S/c1-14(2,3)15-9-11(20)10-21-13-12(16-22-17-13)19-7-5-18(4)6-8-19/h11,15,20H,5-10H2,1-4H3. The van der Waals surface area contributed by atoms with Crippen LogP contribution in [0.5, 0.6) is 5.88 Å². The van der Waals surface area contributed by atoms with Crippen molar-refractivity contribution in [2.75, 3.05) is 51.3 Å². The maximum atomic E-state index is 9.99. The Morgan fingerprint density at radius 2 is 1.95 bits per heavy atom. The van der Waals surface area contributed by atoms with E-state index in [1.54, 1.807) is 0 Å². The highest BCUT2D eigenvalue weighted by atomic mass is 32.1. The molecule has 2 heterocycles. The molecule has 7 nitrogen and oxygen atoms in total. The van der Waals surface area contributed by atoms with Crippen molar-refractivity contribution in [2.45, 2.75) is 32.4 Å². The number of aromatic nitrogens is 2. The molecule has 1 aromatic rings. The lowest BCUT2D eigenvalue weighted by atomic mass is 10.1. The maximum absolute atomic E-state index is 9.99. The van der Waals surface area contributed by atoms with Gasteiger partial charge < -0.3 is 25.0 Å². The summed E-state index contributed by atoms with van der Waals surface area (Å²) in [5, 5.41) is 13.2. The van der Waals surface area contributed by atoms with Crippen LogP contribution in [0.15, 0.2) is 0 Å². The summed E-state index contributed by atoms with van der Waals surface area (Å²) in [6.07, 6.45) is -0.568. The van der Waals surface area contributed by atoms with Gasteiger partial charge in [-0.05, 0) is 27.8 Å². The molecular formula is C14H27N5O2S. The van der Waals surface area contributed by atoms with Crippen LogP contribution in [0.3, 0.4) is 0 Å². The number of β-amino-alcohol motifs (C(OH)–C–C–N with tert-alkyl or cyclic N) is 1. The van der Waals surface area contributed by atoms with E-state index in [9.17, 15) is 5.11 Å². The van der Waals surface area contributed by atoms with E-state index < -0.39 is 6.10 Å². The second kappa shape index (κ2) is 7.54. The molecule has 0 spiro atoms. The number of nitrogens with one attached hydrogen (secondary N) is 1. The van der Waals surface area contributed by atoms with Crippen LogP contribution in [0.2, 0.25) is 0 Å². The molecule has 1 fully saturated rings. The van der Waals surface area contributed by atoms with E-state index in [-0.39, 0.29) is 12.1 Å². The lowest BCUT2D eigenvalue weighted by Crippen LogP contribution is -2.45. The molecule has 2 N–H and O–H groups in total. The SMILES string of the molecule is CN1CCN(c2nsnc2OCC(O)CNC(C)(C)C)CC1.